The first kappa shape index (κ1) is 18.7. The summed E-state index contributed by atoms with van der Waals surface area (Å²) in [6, 6.07) is 8.88. The molecule has 2 nitrogen and oxygen atoms in total. The van der Waals surface area contributed by atoms with E-state index in [2.05, 4.69) is 46.8 Å². The molecule has 1 aromatic rings. The molecule has 1 aromatic carbocycles. The number of carbonyl (C=O) groups excluding carboxylic acids is 1. The predicted octanol–water partition coefficient (Wildman–Crippen LogP) is 6.40. The molecule has 136 valence electrons. The van der Waals surface area contributed by atoms with Gasteiger partial charge >= 0.3 is 5.97 Å². The zero-order chi connectivity index (χ0) is 17.6. The summed E-state index contributed by atoms with van der Waals surface area (Å²) in [5.74, 6) is 2.32. The Morgan fingerprint density at radius 1 is 1.00 bits per heavy atom. The molecule has 0 N–H and O–H groups in total. The summed E-state index contributed by atoms with van der Waals surface area (Å²) >= 11 is 3.52. The highest BCUT2D eigenvalue weighted by atomic mass is 79.9. The van der Waals surface area contributed by atoms with E-state index in [0.29, 0.717) is 6.42 Å². The minimum absolute atomic E-state index is 0.117. The van der Waals surface area contributed by atoms with Crippen molar-refractivity contribution in [2.45, 2.75) is 69.8 Å². The molecule has 2 fully saturated rings. The Bertz CT molecular complexity index is 564. The molecule has 0 atom stereocenters. The van der Waals surface area contributed by atoms with Crippen molar-refractivity contribution in [2.24, 2.45) is 11.8 Å². The fourth-order valence-corrected chi connectivity index (χ4v) is 4.95. The lowest BCUT2D eigenvalue weighted by molar-refractivity contribution is -0.150. The number of carbonyl (C=O) groups is 1. The average Bonchev–Trinajstić information content (AvgIpc) is 2.63. The maximum absolute atomic E-state index is 11.6. The molecule has 0 aromatic heterocycles. The minimum Gasteiger partial charge on any atom is -0.462 e. The van der Waals surface area contributed by atoms with Gasteiger partial charge in [-0.3, -0.25) is 4.79 Å². The molecule has 0 aliphatic heterocycles. The van der Waals surface area contributed by atoms with E-state index in [0.717, 1.165) is 35.1 Å². The Hall–Kier alpha value is -1.09. The Balaban J connectivity index is 1.42. The van der Waals surface area contributed by atoms with Crippen molar-refractivity contribution in [3.05, 3.63) is 47.0 Å². The van der Waals surface area contributed by atoms with Crippen LogP contribution in [0, 0.1) is 11.8 Å². The molecule has 2 aliphatic rings. The second-order valence-electron chi connectivity index (χ2n) is 7.68. The zero-order valence-corrected chi connectivity index (χ0v) is 16.5. The molecule has 2 aliphatic carbocycles. The summed E-state index contributed by atoms with van der Waals surface area (Å²) in [6.07, 6.45) is 12.0. The predicted molar refractivity (Wildman–Crippen MR) is 105 cm³/mol. The van der Waals surface area contributed by atoms with Gasteiger partial charge in [-0.05, 0) is 86.8 Å². The Morgan fingerprint density at radius 3 is 2.12 bits per heavy atom. The number of halogens is 1. The van der Waals surface area contributed by atoms with Crippen LogP contribution in [0.2, 0.25) is 0 Å². The highest BCUT2D eigenvalue weighted by molar-refractivity contribution is 9.10. The van der Waals surface area contributed by atoms with Crippen molar-refractivity contribution >= 4 is 21.9 Å². The smallest absolute Gasteiger partial charge is 0.309 e. The first-order valence-corrected chi connectivity index (χ1v) is 10.5. The summed E-state index contributed by atoms with van der Waals surface area (Å²) in [6.45, 7) is 3.60. The van der Waals surface area contributed by atoms with Crippen molar-refractivity contribution in [1.29, 1.82) is 0 Å². The van der Waals surface area contributed by atoms with Crippen molar-refractivity contribution in [1.82, 2.24) is 0 Å². The SMILES string of the molecule is C=CCC(=O)O[C@H]1CC[C@H]([C@H]2CC[C@H](c3ccc(Br)cc3)CC2)CC1. The van der Waals surface area contributed by atoms with E-state index < -0.39 is 0 Å². The van der Waals surface area contributed by atoms with Crippen molar-refractivity contribution in [2.75, 3.05) is 0 Å². The van der Waals surface area contributed by atoms with E-state index >= 15 is 0 Å². The lowest BCUT2D eigenvalue weighted by atomic mass is 9.69. The highest BCUT2D eigenvalue weighted by Crippen LogP contribution is 2.43. The number of ether oxygens (including phenoxy) is 1. The molecule has 0 unspecified atom stereocenters. The van der Waals surface area contributed by atoms with Gasteiger partial charge in [0, 0.05) is 4.47 Å². The van der Waals surface area contributed by atoms with Crippen LogP contribution in [-0.2, 0) is 9.53 Å². The molecule has 0 amide bonds. The van der Waals surface area contributed by atoms with Crippen LogP contribution >= 0.6 is 15.9 Å². The van der Waals surface area contributed by atoms with E-state index in [-0.39, 0.29) is 12.1 Å². The van der Waals surface area contributed by atoms with Crippen LogP contribution in [0.25, 0.3) is 0 Å². The molecule has 2 saturated carbocycles. The first-order valence-electron chi connectivity index (χ1n) is 9.71. The summed E-state index contributed by atoms with van der Waals surface area (Å²) < 4.78 is 6.70. The average molecular weight is 405 g/mol. The normalized spacial score (nSPS) is 29.8. The minimum atomic E-state index is -0.117. The quantitative estimate of drug-likeness (QED) is 0.418. The van der Waals surface area contributed by atoms with E-state index in [1.165, 1.54) is 44.1 Å². The van der Waals surface area contributed by atoms with Gasteiger partial charge in [0.1, 0.15) is 6.10 Å². The van der Waals surface area contributed by atoms with Crippen LogP contribution in [0.4, 0.5) is 0 Å². The number of rotatable bonds is 5. The van der Waals surface area contributed by atoms with Crippen LogP contribution < -0.4 is 0 Å². The summed E-state index contributed by atoms with van der Waals surface area (Å²) in [4.78, 5) is 11.6. The lowest BCUT2D eigenvalue weighted by Gasteiger charge is -2.37. The summed E-state index contributed by atoms with van der Waals surface area (Å²) in [7, 11) is 0. The summed E-state index contributed by atoms with van der Waals surface area (Å²) in [5.41, 5.74) is 1.50. The lowest BCUT2D eigenvalue weighted by Crippen LogP contribution is -2.29. The van der Waals surface area contributed by atoms with Crippen LogP contribution in [0.15, 0.2) is 41.4 Å². The third-order valence-corrected chi connectivity index (χ3v) is 6.64. The zero-order valence-electron chi connectivity index (χ0n) is 15.0. The van der Waals surface area contributed by atoms with Gasteiger partial charge < -0.3 is 4.74 Å². The third kappa shape index (κ3) is 5.20. The molecule has 0 spiro atoms. The van der Waals surface area contributed by atoms with E-state index in [4.69, 9.17) is 4.74 Å². The van der Waals surface area contributed by atoms with Crippen molar-refractivity contribution in [3.8, 4) is 0 Å². The molecule has 25 heavy (non-hydrogen) atoms. The second-order valence-corrected chi connectivity index (χ2v) is 8.60. The number of esters is 1. The number of hydrogen-bond acceptors (Lipinski definition) is 2. The van der Waals surface area contributed by atoms with Gasteiger partial charge in [-0.2, -0.15) is 0 Å². The largest absolute Gasteiger partial charge is 0.462 e. The topological polar surface area (TPSA) is 26.3 Å². The third-order valence-electron chi connectivity index (χ3n) is 6.11. The molecule has 0 bridgehead atoms. The molecule has 3 heteroatoms. The van der Waals surface area contributed by atoms with E-state index in [1.54, 1.807) is 6.08 Å². The molecule has 0 saturated heterocycles. The van der Waals surface area contributed by atoms with Crippen molar-refractivity contribution in [3.63, 3.8) is 0 Å². The highest BCUT2D eigenvalue weighted by Gasteiger charge is 2.32. The maximum atomic E-state index is 11.6. The van der Waals surface area contributed by atoms with Crippen LogP contribution in [0.3, 0.4) is 0 Å². The van der Waals surface area contributed by atoms with Gasteiger partial charge in [-0.1, -0.05) is 34.1 Å². The second kappa shape index (κ2) is 9.02. The van der Waals surface area contributed by atoms with E-state index in [9.17, 15) is 4.79 Å². The van der Waals surface area contributed by atoms with Gasteiger partial charge in [0.05, 0.1) is 6.42 Å². The molecular formula is C22H29BrO2. The Labute approximate surface area is 160 Å². The van der Waals surface area contributed by atoms with Gasteiger partial charge in [0.15, 0.2) is 0 Å². The number of hydrogen-bond donors (Lipinski definition) is 0. The maximum Gasteiger partial charge on any atom is 0.309 e. The van der Waals surface area contributed by atoms with Crippen LogP contribution in [0.1, 0.15) is 69.3 Å². The fourth-order valence-electron chi connectivity index (χ4n) is 4.69. The van der Waals surface area contributed by atoms with E-state index in [1.807, 2.05) is 0 Å². The van der Waals surface area contributed by atoms with Gasteiger partial charge in [-0.25, -0.2) is 0 Å². The molecule has 3 rings (SSSR count). The molecular weight excluding hydrogens is 376 g/mol. The first-order chi connectivity index (χ1) is 12.2. The van der Waals surface area contributed by atoms with Gasteiger partial charge in [0.25, 0.3) is 0 Å². The summed E-state index contributed by atoms with van der Waals surface area (Å²) in [5, 5.41) is 0. The van der Waals surface area contributed by atoms with Crippen molar-refractivity contribution < 1.29 is 9.53 Å². The monoisotopic (exact) mass is 404 g/mol. The standard InChI is InChI=1S/C22H29BrO2/c1-2-3-22(24)25-21-14-10-19(11-15-21)17-6-4-16(5-7-17)18-8-12-20(23)13-9-18/h2,8-9,12-13,16-17,19,21H,1,3-7,10-11,14-15H2/t16-,17-,19-,21-. The van der Waals surface area contributed by atoms with Crippen LogP contribution in [-0.4, -0.2) is 12.1 Å². The van der Waals surface area contributed by atoms with Gasteiger partial charge in [0.2, 0.25) is 0 Å². The Kier molecular flexibility index (Phi) is 6.75. The molecule has 0 radical (unpaired) electrons. The van der Waals surface area contributed by atoms with Gasteiger partial charge in [-0.15, -0.1) is 6.58 Å². The fraction of sp³-hybridized carbons (Fsp3) is 0.591. The Morgan fingerprint density at radius 2 is 1.56 bits per heavy atom. The van der Waals surface area contributed by atoms with Crippen LogP contribution in [0.5, 0.6) is 0 Å². The number of benzene rings is 1. The molecule has 0 heterocycles.